The van der Waals surface area contributed by atoms with Crippen LogP contribution in [-0.4, -0.2) is 0 Å². The van der Waals surface area contributed by atoms with Crippen molar-refractivity contribution in [3.63, 3.8) is 0 Å². The zero-order valence-corrected chi connectivity index (χ0v) is 12.4. The highest BCUT2D eigenvalue weighted by Crippen LogP contribution is 2.31. The Morgan fingerprint density at radius 2 is 1.57 bits per heavy atom. The highest BCUT2D eigenvalue weighted by molar-refractivity contribution is 5.29. The highest BCUT2D eigenvalue weighted by Gasteiger charge is 2.34. The van der Waals surface area contributed by atoms with Crippen molar-refractivity contribution in [2.45, 2.75) is 39.2 Å². The zero-order valence-electron chi connectivity index (χ0n) is 12.4. The Morgan fingerprint density at radius 1 is 0.952 bits per heavy atom. The minimum absolute atomic E-state index is 0.136. The summed E-state index contributed by atoms with van der Waals surface area (Å²) in [5, 5.41) is 0. The minimum atomic E-state index is -3.32. The van der Waals surface area contributed by atoms with E-state index < -0.39 is 6.11 Å². The van der Waals surface area contributed by atoms with Crippen LogP contribution in [0.4, 0.5) is 8.78 Å². The van der Waals surface area contributed by atoms with Gasteiger partial charge in [0.2, 0.25) is 0 Å². The molecular formula is C18H20F2O. The van der Waals surface area contributed by atoms with E-state index in [-0.39, 0.29) is 11.3 Å². The van der Waals surface area contributed by atoms with E-state index in [0.29, 0.717) is 0 Å². The molecule has 0 aliphatic heterocycles. The van der Waals surface area contributed by atoms with Gasteiger partial charge in [0.05, 0.1) is 5.56 Å². The van der Waals surface area contributed by atoms with Crippen molar-refractivity contribution in [2.75, 3.05) is 0 Å². The molecule has 0 saturated carbocycles. The molecule has 2 aromatic carbocycles. The third-order valence-electron chi connectivity index (χ3n) is 3.38. The minimum Gasteiger partial charge on any atom is -0.429 e. The quantitative estimate of drug-likeness (QED) is 0.686. The molecule has 0 N–H and O–H groups in total. The third-order valence-corrected chi connectivity index (χ3v) is 3.38. The van der Waals surface area contributed by atoms with Gasteiger partial charge in [0.15, 0.2) is 0 Å². The molecule has 0 aliphatic rings. The van der Waals surface area contributed by atoms with Crippen LogP contribution in [0.2, 0.25) is 0 Å². The van der Waals surface area contributed by atoms with Crippen LogP contribution in [0.15, 0.2) is 48.5 Å². The molecule has 0 radical (unpaired) electrons. The smallest absolute Gasteiger partial charge is 0.426 e. The fourth-order valence-corrected chi connectivity index (χ4v) is 2.06. The summed E-state index contributed by atoms with van der Waals surface area (Å²) >= 11 is 0. The van der Waals surface area contributed by atoms with E-state index in [9.17, 15) is 8.78 Å². The molecule has 0 atom stereocenters. The van der Waals surface area contributed by atoms with E-state index in [0.717, 1.165) is 30.4 Å². The van der Waals surface area contributed by atoms with Gasteiger partial charge in [-0.15, -0.1) is 0 Å². The van der Waals surface area contributed by atoms with Gasteiger partial charge in [-0.25, -0.2) is 0 Å². The van der Waals surface area contributed by atoms with Crippen molar-refractivity contribution < 1.29 is 13.5 Å². The summed E-state index contributed by atoms with van der Waals surface area (Å²) < 4.78 is 33.0. The van der Waals surface area contributed by atoms with Crippen molar-refractivity contribution >= 4 is 0 Å². The fourth-order valence-electron chi connectivity index (χ4n) is 2.06. The zero-order chi connectivity index (χ0) is 15.3. The predicted molar refractivity (Wildman–Crippen MR) is 80.8 cm³/mol. The average Bonchev–Trinajstić information content (AvgIpc) is 2.47. The Kier molecular flexibility index (Phi) is 4.94. The van der Waals surface area contributed by atoms with Crippen molar-refractivity contribution in [1.82, 2.24) is 0 Å². The van der Waals surface area contributed by atoms with E-state index in [2.05, 4.69) is 6.92 Å². The average molecular weight is 290 g/mol. The summed E-state index contributed by atoms with van der Waals surface area (Å²) in [7, 11) is 0. The first-order valence-electron chi connectivity index (χ1n) is 7.24. The first kappa shape index (κ1) is 15.5. The van der Waals surface area contributed by atoms with Crippen LogP contribution < -0.4 is 4.74 Å². The molecule has 2 rings (SSSR count). The summed E-state index contributed by atoms with van der Waals surface area (Å²) in [4.78, 5) is 0. The molecule has 21 heavy (non-hydrogen) atoms. The summed E-state index contributed by atoms with van der Waals surface area (Å²) in [6.07, 6.45) is -0.146. The monoisotopic (exact) mass is 290 g/mol. The Morgan fingerprint density at radius 3 is 2.14 bits per heavy atom. The Bertz CT molecular complexity index is 559. The van der Waals surface area contributed by atoms with Crippen molar-refractivity contribution in [3.05, 3.63) is 65.2 Å². The molecule has 0 heterocycles. The molecule has 0 fully saturated rings. The van der Waals surface area contributed by atoms with Crippen molar-refractivity contribution in [1.29, 1.82) is 0 Å². The van der Waals surface area contributed by atoms with Crippen molar-refractivity contribution in [2.24, 2.45) is 0 Å². The van der Waals surface area contributed by atoms with Gasteiger partial charge in [0, 0.05) is 0 Å². The normalized spacial score (nSPS) is 11.4. The second-order valence-corrected chi connectivity index (χ2v) is 5.23. The lowest BCUT2D eigenvalue weighted by Gasteiger charge is -2.18. The number of rotatable bonds is 6. The van der Waals surface area contributed by atoms with E-state index in [1.54, 1.807) is 24.3 Å². The number of hydrogen-bond donors (Lipinski definition) is 0. The van der Waals surface area contributed by atoms with Crippen molar-refractivity contribution in [3.8, 4) is 5.75 Å². The molecule has 0 unspecified atom stereocenters. The molecule has 3 heteroatoms. The highest BCUT2D eigenvalue weighted by atomic mass is 19.3. The van der Waals surface area contributed by atoms with Crippen LogP contribution in [0.25, 0.3) is 0 Å². The third kappa shape index (κ3) is 4.28. The Balaban J connectivity index is 2.07. The SMILES string of the molecule is CCCCc1ccc(OC(F)(F)c2ccc(C)cc2)cc1. The van der Waals surface area contributed by atoms with Gasteiger partial charge in [-0.3, -0.25) is 0 Å². The topological polar surface area (TPSA) is 9.23 Å². The van der Waals surface area contributed by atoms with Gasteiger partial charge in [-0.2, -0.15) is 8.78 Å². The number of unbranched alkanes of at least 4 members (excludes halogenated alkanes) is 1. The number of benzene rings is 2. The maximum Gasteiger partial charge on any atom is 0.426 e. The lowest BCUT2D eigenvalue weighted by molar-refractivity contribution is -0.185. The molecule has 0 spiro atoms. The fraction of sp³-hybridized carbons (Fsp3) is 0.333. The number of halogens is 2. The maximum absolute atomic E-state index is 14.1. The van der Waals surface area contributed by atoms with Gasteiger partial charge < -0.3 is 4.74 Å². The number of alkyl halides is 2. The molecule has 1 nitrogen and oxygen atoms in total. The summed E-state index contributed by atoms with van der Waals surface area (Å²) in [6.45, 7) is 3.98. The number of ether oxygens (including phenoxy) is 1. The van der Waals surface area contributed by atoms with E-state index >= 15 is 0 Å². The molecule has 0 aromatic heterocycles. The van der Waals surface area contributed by atoms with Crippen LogP contribution in [0.1, 0.15) is 36.5 Å². The maximum atomic E-state index is 14.1. The van der Waals surface area contributed by atoms with Crippen LogP contribution >= 0.6 is 0 Å². The van der Waals surface area contributed by atoms with Crippen LogP contribution in [-0.2, 0) is 12.5 Å². The standard InChI is InChI=1S/C18H20F2O/c1-3-4-5-15-8-12-17(13-9-15)21-18(19,20)16-10-6-14(2)7-11-16/h6-13H,3-5H2,1-2H3. The first-order valence-corrected chi connectivity index (χ1v) is 7.24. The molecular weight excluding hydrogens is 270 g/mol. The Labute approximate surface area is 124 Å². The summed E-state index contributed by atoms with van der Waals surface area (Å²) in [5.74, 6) is 0.181. The van der Waals surface area contributed by atoms with Crippen LogP contribution in [0.3, 0.4) is 0 Å². The van der Waals surface area contributed by atoms with Gasteiger partial charge in [-0.1, -0.05) is 43.2 Å². The molecule has 0 saturated heterocycles. The number of hydrogen-bond acceptors (Lipinski definition) is 1. The van der Waals surface area contributed by atoms with Crippen LogP contribution in [0, 0.1) is 6.92 Å². The van der Waals surface area contributed by atoms with E-state index in [4.69, 9.17) is 4.74 Å². The molecule has 0 aliphatic carbocycles. The molecule has 2 aromatic rings. The molecule has 0 bridgehead atoms. The predicted octanol–water partition coefficient (Wildman–Crippen LogP) is 5.47. The van der Waals surface area contributed by atoms with Gasteiger partial charge in [0.25, 0.3) is 0 Å². The second kappa shape index (κ2) is 6.70. The van der Waals surface area contributed by atoms with E-state index in [1.807, 2.05) is 19.1 Å². The van der Waals surface area contributed by atoms with Gasteiger partial charge >= 0.3 is 6.11 Å². The largest absolute Gasteiger partial charge is 0.429 e. The van der Waals surface area contributed by atoms with Crippen LogP contribution in [0.5, 0.6) is 5.75 Å². The molecule has 112 valence electrons. The lowest BCUT2D eigenvalue weighted by Crippen LogP contribution is -2.21. The number of aryl methyl sites for hydroxylation is 2. The molecule has 0 amide bonds. The summed E-state index contributed by atoms with van der Waals surface area (Å²) in [5.41, 5.74) is 1.95. The summed E-state index contributed by atoms with van der Waals surface area (Å²) in [6, 6.07) is 13.0. The van der Waals surface area contributed by atoms with E-state index in [1.165, 1.54) is 12.1 Å². The van der Waals surface area contributed by atoms with Gasteiger partial charge in [0.1, 0.15) is 5.75 Å². The second-order valence-electron chi connectivity index (χ2n) is 5.23. The lowest BCUT2D eigenvalue weighted by atomic mass is 10.1. The Hall–Kier alpha value is -1.90. The first-order chi connectivity index (χ1) is 10.0. The van der Waals surface area contributed by atoms with Gasteiger partial charge in [-0.05, 0) is 49.6 Å².